The van der Waals surface area contributed by atoms with Crippen LogP contribution in [0, 0.1) is 0 Å². The Morgan fingerprint density at radius 2 is 2.14 bits per heavy atom. The lowest BCUT2D eigenvalue weighted by atomic mass is 10.1. The molecule has 4 nitrogen and oxygen atoms in total. The molecule has 3 rings (SSSR count). The molecule has 0 amide bonds. The van der Waals surface area contributed by atoms with E-state index in [4.69, 9.17) is 8.94 Å². The van der Waals surface area contributed by atoms with Crippen molar-refractivity contribution in [1.82, 2.24) is 10.1 Å². The van der Waals surface area contributed by atoms with Gasteiger partial charge in [0.15, 0.2) is 0 Å². The van der Waals surface area contributed by atoms with Crippen LogP contribution in [0.4, 0.5) is 0 Å². The van der Waals surface area contributed by atoms with Gasteiger partial charge < -0.3 is 8.94 Å². The van der Waals surface area contributed by atoms with Gasteiger partial charge in [-0.2, -0.15) is 4.98 Å². The van der Waals surface area contributed by atoms with E-state index in [1.165, 1.54) is 6.39 Å². The van der Waals surface area contributed by atoms with Crippen LogP contribution in [0.15, 0.2) is 45.9 Å². The smallest absolute Gasteiger partial charge is 0.214 e. The van der Waals surface area contributed by atoms with Gasteiger partial charge in [0.05, 0.1) is 6.26 Å². The topological polar surface area (TPSA) is 52.1 Å². The van der Waals surface area contributed by atoms with E-state index in [2.05, 4.69) is 10.1 Å². The molecule has 0 fully saturated rings. The lowest BCUT2D eigenvalue weighted by Crippen LogP contribution is -1.80. The fraction of sp³-hybridized carbons (Fsp3) is 0. The number of fused-ring (bicyclic) bond motifs is 1. The Morgan fingerprint density at radius 1 is 1.14 bits per heavy atom. The summed E-state index contributed by atoms with van der Waals surface area (Å²) in [7, 11) is 0. The first-order valence-electron chi connectivity index (χ1n) is 4.18. The Balaban J connectivity index is 2.36. The fourth-order valence-electron chi connectivity index (χ4n) is 1.48. The van der Waals surface area contributed by atoms with E-state index in [-0.39, 0.29) is 0 Å². The van der Waals surface area contributed by atoms with Crippen molar-refractivity contribution in [3.8, 4) is 11.4 Å². The van der Waals surface area contributed by atoms with Gasteiger partial charge in [-0.3, -0.25) is 0 Å². The summed E-state index contributed by atoms with van der Waals surface area (Å²) in [4.78, 5) is 4.00. The maximum absolute atomic E-state index is 5.27. The number of rotatable bonds is 1. The Morgan fingerprint density at radius 3 is 3.00 bits per heavy atom. The van der Waals surface area contributed by atoms with Crippen LogP contribution in [0.2, 0.25) is 0 Å². The summed E-state index contributed by atoms with van der Waals surface area (Å²) in [6, 6.07) is 7.63. The molecule has 68 valence electrons. The van der Waals surface area contributed by atoms with Gasteiger partial charge in [-0.25, -0.2) is 0 Å². The van der Waals surface area contributed by atoms with Crippen molar-refractivity contribution in [3.63, 3.8) is 0 Å². The standard InChI is InChI=1S/C10H6N2O2/c1-2-8(10-11-6-14-12-10)7-4-5-13-9(7)3-1/h1-6H. The van der Waals surface area contributed by atoms with E-state index >= 15 is 0 Å². The van der Waals surface area contributed by atoms with Gasteiger partial charge in [-0.05, 0) is 12.1 Å². The highest BCUT2D eigenvalue weighted by molar-refractivity contribution is 5.91. The van der Waals surface area contributed by atoms with E-state index in [0.717, 1.165) is 16.5 Å². The van der Waals surface area contributed by atoms with E-state index in [1.54, 1.807) is 6.26 Å². The molecule has 1 aromatic carbocycles. The Hall–Kier alpha value is -2.10. The third-order valence-corrected chi connectivity index (χ3v) is 2.10. The molecule has 0 atom stereocenters. The Labute approximate surface area is 79.1 Å². The van der Waals surface area contributed by atoms with Gasteiger partial charge in [0.2, 0.25) is 12.2 Å². The number of hydrogen-bond donors (Lipinski definition) is 0. The highest BCUT2D eigenvalue weighted by Crippen LogP contribution is 2.26. The summed E-state index contributed by atoms with van der Waals surface area (Å²) in [6.45, 7) is 0. The van der Waals surface area contributed by atoms with Crippen molar-refractivity contribution in [1.29, 1.82) is 0 Å². The number of nitrogens with zero attached hydrogens (tertiary/aromatic N) is 2. The zero-order valence-electron chi connectivity index (χ0n) is 7.18. The third-order valence-electron chi connectivity index (χ3n) is 2.10. The third kappa shape index (κ3) is 0.939. The maximum Gasteiger partial charge on any atom is 0.214 e. The molecule has 14 heavy (non-hydrogen) atoms. The van der Waals surface area contributed by atoms with Gasteiger partial charge in [0.25, 0.3) is 0 Å². The van der Waals surface area contributed by atoms with E-state index in [0.29, 0.717) is 5.82 Å². The van der Waals surface area contributed by atoms with Crippen LogP contribution in [0.5, 0.6) is 0 Å². The van der Waals surface area contributed by atoms with Crippen molar-refractivity contribution in [2.75, 3.05) is 0 Å². The number of furan rings is 1. The molecule has 0 saturated heterocycles. The molecule has 0 aliphatic rings. The van der Waals surface area contributed by atoms with Gasteiger partial charge in [0, 0.05) is 10.9 Å². The second-order valence-corrected chi connectivity index (χ2v) is 2.89. The van der Waals surface area contributed by atoms with Crippen LogP contribution in [-0.4, -0.2) is 10.1 Å². The minimum Gasteiger partial charge on any atom is -0.464 e. The summed E-state index contributed by atoms with van der Waals surface area (Å²) in [6.07, 6.45) is 2.96. The maximum atomic E-state index is 5.27. The van der Waals surface area contributed by atoms with E-state index < -0.39 is 0 Å². The van der Waals surface area contributed by atoms with Crippen molar-refractivity contribution in [3.05, 3.63) is 36.9 Å². The predicted octanol–water partition coefficient (Wildman–Crippen LogP) is 2.48. The molecule has 0 bridgehead atoms. The molecular weight excluding hydrogens is 180 g/mol. The van der Waals surface area contributed by atoms with Crippen LogP contribution in [-0.2, 0) is 0 Å². The number of benzene rings is 1. The summed E-state index contributed by atoms with van der Waals surface area (Å²) in [5.74, 6) is 0.581. The first-order valence-corrected chi connectivity index (χ1v) is 4.18. The Bertz CT molecular complexity index is 554. The van der Waals surface area contributed by atoms with Crippen LogP contribution in [0.3, 0.4) is 0 Å². The molecule has 0 saturated carbocycles. The van der Waals surface area contributed by atoms with Crippen molar-refractivity contribution in [2.24, 2.45) is 0 Å². The highest BCUT2D eigenvalue weighted by atomic mass is 16.5. The summed E-state index contributed by atoms with van der Waals surface area (Å²) >= 11 is 0. The molecular formula is C10H6N2O2. The minimum absolute atomic E-state index is 0.581. The summed E-state index contributed by atoms with van der Waals surface area (Å²) in [5.41, 5.74) is 1.75. The zero-order valence-corrected chi connectivity index (χ0v) is 7.18. The normalized spacial score (nSPS) is 10.9. The molecule has 0 radical (unpaired) electrons. The molecule has 0 N–H and O–H groups in total. The van der Waals surface area contributed by atoms with Crippen LogP contribution in [0.1, 0.15) is 0 Å². The molecule has 2 aromatic heterocycles. The van der Waals surface area contributed by atoms with Crippen molar-refractivity contribution >= 4 is 11.0 Å². The van der Waals surface area contributed by atoms with Gasteiger partial charge in [0.1, 0.15) is 5.58 Å². The average molecular weight is 186 g/mol. The number of aromatic nitrogens is 2. The first-order chi connectivity index (χ1) is 6.95. The molecule has 0 aliphatic heterocycles. The summed E-state index contributed by atoms with van der Waals surface area (Å²) < 4.78 is 9.97. The summed E-state index contributed by atoms with van der Waals surface area (Å²) in [5, 5.41) is 4.78. The highest BCUT2D eigenvalue weighted by Gasteiger charge is 2.08. The van der Waals surface area contributed by atoms with E-state index in [1.807, 2.05) is 24.3 Å². The molecule has 0 unspecified atom stereocenters. The first kappa shape index (κ1) is 7.32. The SMILES string of the molecule is c1cc(-c2ncon2)c2ccoc2c1. The van der Waals surface area contributed by atoms with Crippen LogP contribution in [0.25, 0.3) is 22.4 Å². The minimum atomic E-state index is 0.581. The number of hydrogen-bond acceptors (Lipinski definition) is 4. The van der Waals surface area contributed by atoms with E-state index in [9.17, 15) is 0 Å². The second-order valence-electron chi connectivity index (χ2n) is 2.89. The molecule has 3 aromatic rings. The lowest BCUT2D eigenvalue weighted by molar-refractivity contribution is 0.419. The van der Waals surface area contributed by atoms with Crippen LogP contribution < -0.4 is 0 Å². The van der Waals surface area contributed by atoms with Crippen molar-refractivity contribution in [2.45, 2.75) is 0 Å². The monoisotopic (exact) mass is 186 g/mol. The molecule has 0 spiro atoms. The second kappa shape index (κ2) is 2.70. The van der Waals surface area contributed by atoms with Gasteiger partial charge >= 0.3 is 0 Å². The zero-order chi connectivity index (χ0) is 9.38. The largest absolute Gasteiger partial charge is 0.464 e. The van der Waals surface area contributed by atoms with Crippen molar-refractivity contribution < 1.29 is 8.94 Å². The lowest BCUT2D eigenvalue weighted by Gasteiger charge is -1.94. The van der Waals surface area contributed by atoms with Gasteiger partial charge in [-0.1, -0.05) is 17.3 Å². The Kier molecular flexibility index (Phi) is 1.41. The van der Waals surface area contributed by atoms with Crippen LogP contribution >= 0.6 is 0 Å². The molecule has 4 heteroatoms. The molecule has 2 heterocycles. The molecule has 0 aliphatic carbocycles. The predicted molar refractivity (Wildman–Crippen MR) is 49.5 cm³/mol. The average Bonchev–Trinajstić information content (AvgIpc) is 2.88. The quantitative estimate of drug-likeness (QED) is 0.585. The van der Waals surface area contributed by atoms with Gasteiger partial charge in [-0.15, -0.1) is 0 Å². The fourth-order valence-corrected chi connectivity index (χ4v) is 1.48.